The van der Waals surface area contributed by atoms with E-state index in [1.165, 1.54) is 5.56 Å². The van der Waals surface area contributed by atoms with E-state index < -0.39 is 0 Å². The molecule has 0 amide bonds. The SMILES string of the molecule is CCCc1nccn1Cc1cccc(Cl)c1. The van der Waals surface area contributed by atoms with Crippen LogP contribution in [0.2, 0.25) is 5.02 Å². The first-order valence-electron chi connectivity index (χ1n) is 5.54. The van der Waals surface area contributed by atoms with Crippen LogP contribution in [-0.2, 0) is 13.0 Å². The molecule has 84 valence electrons. The van der Waals surface area contributed by atoms with Crippen molar-refractivity contribution in [2.24, 2.45) is 0 Å². The highest BCUT2D eigenvalue weighted by Crippen LogP contribution is 2.13. The third-order valence-corrected chi connectivity index (χ3v) is 2.75. The Morgan fingerprint density at radius 1 is 1.38 bits per heavy atom. The van der Waals surface area contributed by atoms with Crippen molar-refractivity contribution in [1.82, 2.24) is 9.55 Å². The summed E-state index contributed by atoms with van der Waals surface area (Å²) in [6, 6.07) is 7.96. The molecule has 3 heteroatoms. The highest BCUT2D eigenvalue weighted by atomic mass is 35.5. The maximum absolute atomic E-state index is 5.96. The summed E-state index contributed by atoms with van der Waals surface area (Å²) in [5.41, 5.74) is 1.21. The lowest BCUT2D eigenvalue weighted by Gasteiger charge is -2.07. The molecule has 0 spiro atoms. The first kappa shape index (κ1) is 11.2. The molecule has 0 bridgehead atoms. The van der Waals surface area contributed by atoms with Crippen LogP contribution in [-0.4, -0.2) is 9.55 Å². The molecule has 0 atom stereocenters. The number of imidazole rings is 1. The summed E-state index contributed by atoms with van der Waals surface area (Å²) in [7, 11) is 0. The van der Waals surface area contributed by atoms with Crippen LogP contribution >= 0.6 is 11.6 Å². The van der Waals surface area contributed by atoms with Crippen LogP contribution in [0.15, 0.2) is 36.7 Å². The van der Waals surface area contributed by atoms with Gasteiger partial charge in [-0.3, -0.25) is 0 Å². The third kappa shape index (κ3) is 2.64. The van der Waals surface area contributed by atoms with Crippen molar-refractivity contribution in [1.29, 1.82) is 0 Å². The van der Waals surface area contributed by atoms with Gasteiger partial charge in [-0.25, -0.2) is 4.98 Å². The zero-order valence-electron chi connectivity index (χ0n) is 9.36. The summed E-state index contributed by atoms with van der Waals surface area (Å²) < 4.78 is 2.18. The Labute approximate surface area is 101 Å². The second kappa shape index (κ2) is 5.17. The van der Waals surface area contributed by atoms with Crippen molar-refractivity contribution in [2.45, 2.75) is 26.3 Å². The lowest BCUT2D eigenvalue weighted by Crippen LogP contribution is -2.04. The van der Waals surface area contributed by atoms with E-state index in [9.17, 15) is 0 Å². The normalized spacial score (nSPS) is 10.6. The maximum atomic E-state index is 5.96. The summed E-state index contributed by atoms with van der Waals surface area (Å²) in [4.78, 5) is 4.35. The molecule has 0 aliphatic heterocycles. The van der Waals surface area contributed by atoms with Crippen LogP contribution in [0.1, 0.15) is 24.7 Å². The minimum atomic E-state index is 0.787. The van der Waals surface area contributed by atoms with E-state index in [0.29, 0.717) is 0 Å². The molecular formula is C13H15ClN2. The van der Waals surface area contributed by atoms with E-state index in [2.05, 4.69) is 22.5 Å². The monoisotopic (exact) mass is 234 g/mol. The Bertz CT molecular complexity index is 462. The van der Waals surface area contributed by atoms with E-state index >= 15 is 0 Å². The molecule has 0 aliphatic carbocycles. The van der Waals surface area contributed by atoms with Crippen LogP contribution < -0.4 is 0 Å². The Morgan fingerprint density at radius 3 is 3.00 bits per heavy atom. The predicted octanol–water partition coefficient (Wildman–Crippen LogP) is 3.54. The Kier molecular flexibility index (Phi) is 3.62. The van der Waals surface area contributed by atoms with Gasteiger partial charge in [0.2, 0.25) is 0 Å². The van der Waals surface area contributed by atoms with Gasteiger partial charge >= 0.3 is 0 Å². The fourth-order valence-corrected chi connectivity index (χ4v) is 1.98. The van der Waals surface area contributed by atoms with Crippen LogP contribution in [0, 0.1) is 0 Å². The molecule has 2 aromatic rings. The van der Waals surface area contributed by atoms with Crippen LogP contribution in [0.3, 0.4) is 0 Å². The van der Waals surface area contributed by atoms with Crippen molar-refractivity contribution in [3.63, 3.8) is 0 Å². The van der Waals surface area contributed by atoms with Gasteiger partial charge in [-0.15, -0.1) is 0 Å². The molecule has 0 fully saturated rings. The van der Waals surface area contributed by atoms with Gasteiger partial charge in [0.1, 0.15) is 5.82 Å². The average Bonchev–Trinajstić information content (AvgIpc) is 2.66. The highest BCUT2D eigenvalue weighted by Gasteiger charge is 2.02. The number of aryl methyl sites for hydroxylation is 1. The molecule has 0 N–H and O–H groups in total. The van der Waals surface area contributed by atoms with Gasteiger partial charge in [-0.1, -0.05) is 30.7 Å². The van der Waals surface area contributed by atoms with E-state index in [1.54, 1.807) is 0 Å². The molecule has 0 unspecified atom stereocenters. The van der Waals surface area contributed by atoms with Crippen molar-refractivity contribution < 1.29 is 0 Å². The highest BCUT2D eigenvalue weighted by molar-refractivity contribution is 6.30. The Morgan fingerprint density at radius 2 is 2.25 bits per heavy atom. The first-order chi connectivity index (χ1) is 7.79. The lowest BCUT2D eigenvalue weighted by atomic mass is 10.2. The van der Waals surface area contributed by atoms with Gasteiger partial charge in [-0.2, -0.15) is 0 Å². The lowest BCUT2D eigenvalue weighted by molar-refractivity contribution is 0.705. The zero-order chi connectivity index (χ0) is 11.4. The molecular weight excluding hydrogens is 220 g/mol. The molecule has 0 aliphatic rings. The first-order valence-corrected chi connectivity index (χ1v) is 5.92. The van der Waals surface area contributed by atoms with Crippen molar-refractivity contribution >= 4 is 11.6 Å². The number of nitrogens with zero attached hydrogens (tertiary/aromatic N) is 2. The molecule has 1 aromatic heterocycles. The quantitative estimate of drug-likeness (QED) is 0.791. The minimum Gasteiger partial charge on any atom is -0.331 e. The molecule has 2 nitrogen and oxygen atoms in total. The van der Waals surface area contributed by atoms with Crippen LogP contribution in [0.4, 0.5) is 0 Å². The fourth-order valence-electron chi connectivity index (χ4n) is 1.77. The Hall–Kier alpha value is -1.28. The molecule has 0 saturated heterocycles. The van der Waals surface area contributed by atoms with Gasteiger partial charge in [0.15, 0.2) is 0 Å². The standard InChI is InChI=1S/C13H15ClN2/c1-2-4-13-15-7-8-16(13)10-11-5-3-6-12(14)9-11/h3,5-9H,2,4,10H2,1H3. The number of hydrogen-bond donors (Lipinski definition) is 0. The molecule has 16 heavy (non-hydrogen) atoms. The summed E-state index contributed by atoms with van der Waals surface area (Å²) in [5, 5.41) is 0.787. The van der Waals surface area contributed by atoms with Gasteiger partial charge in [-0.05, 0) is 24.1 Å². The largest absolute Gasteiger partial charge is 0.331 e. The molecule has 1 heterocycles. The number of rotatable bonds is 4. The van der Waals surface area contributed by atoms with Gasteiger partial charge < -0.3 is 4.57 Å². The predicted molar refractivity (Wildman–Crippen MR) is 66.8 cm³/mol. The second-order valence-electron chi connectivity index (χ2n) is 3.85. The third-order valence-electron chi connectivity index (χ3n) is 2.52. The van der Waals surface area contributed by atoms with Crippen molar-refractivity contribution in [2.75, 3.05) is 0 Å². The van der Waals surface area contributed by atoms with Crippen LogP contribution in [0.5, 0.6) is 0 Å². The minimum absolute atomic E-state index is 0.787. The zero-order valence-corrected chi connectivity index (χ0v) is 10.1. The molecule has 0 saturated carbocycles. The molecule has 0 radical (unpaired) electrons. The van der Waals surface area contributed by atoms with E-state index in [0.717, 1.165) is 30.2 Å². The number of aromatic nitrogens is 2. The van der Waals surface area contributed by atoms with Crippen molar-refractivity contribution in [3.8, 4) is 0 Å². The van der Waals surface area contributed by atoms with Gasteiger partial charge in [0.05, 0.1) is 0 Å². The summed E-state index contributed by atoms with van der Waals surface area (Å²) in [6.45, 7) is 3.01. The summed E-state index contributed by atoms with van der Waals surface area (Å²) in [5.74, 6) is 1.14. The van der Waals surface area contributed by atoms with Crippen LogP contribution in [0.25, 0.3) is 0 Å². The molecule has 2 rings (SSSR count). The summed E-state index contributed by atoms with van der Waals surface area (Å²) >= 11 is 5.96. The number of benzene rings is 1. The Balaban J connectivity index is 2.17. The fraction of sp³-hybridized carbons (Fsp3) is 0.308. The average molecular weight is 235 g/mol. The maximum Gasteiger partial charge on any atom is 0.108 e. The topological polar surface area (TPSA) is 17.8 Å². The molecule has 1 aromatic carbocycles. The van der Waals surface area contributed by atoms with Crippen molar-refractivity contribution in [3.05, 3.63) is 53.1 Å². The number of hydrogen-bond acceptors (Lipinski definition) is 1. The second-order valence-corrected chi connectivity index (χ2v) is 4.29. The number of halogens is 1. The van der Waals surface area contributed by atoms with E-state index in [4.69, 9.17) is 11.6 Å². The van der Waals surface area contributed by atoms with E-state index in [-0.39, 0.29) is 0 Å². The van der Waals surface area contributed by atoms with Gasteiger partial charge in [0, 0.05) is 30.4 Å². The smallest absolute Gasteiger partial charge is 0.108 e. The summed E-state index contributed by atoms with van der Waals surface area (Å²) in [6.07, 6.45) is 6.02. The van der Waals surface area contributed by atoms with E-state index in [1.807, 2.05) is 30.6 Å². The van der Waals surface area contributed by atoms with Gasteiger partial charge in [0.25, 0.3) is 0 Å².